The van der Waals surface area contributed by atoms with Crippen LogP contribution in [0.15, 0.2) is 12.3 Å². The molecular formula is C14H25N3O. The van der Waals surface area contributed by atoms with Crippen LogP contribution in [0.2, 0.25) is 0 Å². The molecular weight excluding hydrogens is 226 g/mol. The summed E-state index contributed by atoms with van der Waals surface area (Å²) >= 11 is 0. The molecule has 102 valence electrons. The Hall–Kier alpha value is -0.870. The van der Waals surface area contributed by atoms with Gasteiger partial charge in [-0.15, -0.1) is 0 Å². The fourth-order valence-corrected chi connectivity index (χ4v) is 2.70. The second-order valence-electron chi connectivity index (χ2n) is 5.58. The van der Waals surface area contributed by atoms with Crippen LogP contribution in [0, 0.1) is 11.8 Å². The summed E-state index contributed by atoms with van der Waals surface area (Å²) < 4.78 is 7.77. The molecule has 2 N–H and O–H groups in total. The van der Waals surface area contributed by atoms with E-state index in [4.69, 9.17) is 10.5 Å². The largest absolute Gasteiger partial charge is 0.375 e. The maximum absolute atomic E-state index is 5.80. The lowest BCUT2D eigenvalue weighted by atomic mass is 9.97. The summed E-state index contributed by atoms with van der Waals surface area (Å²) in [7, 11) is 0. The topological polar surface area (TPSA) is 53.1 Å². The molecule has 1 aromatic heterocycles. The summed E-state index contributed by atoms with van der Waals surface area (Å²) in [6, 6.07) is 2.45. The zero-order chi connectivity index (χ0) is 13.0. The molecule has 1 aliphatic rings. The van der Waals surface area contributed by atoms with Crippen molar-refractivity contribution in [2.24, 2.45) is 17.6 Å². The highest BCUT2D eigenvalue weighted by Crippen LogP contribution is 2.31. The van der Waals surface area contributed by atoms with Crippen LogP contribution in [0.5, 0.6) is 0 Å². The predicted molar refractivity (Wildman–Crippen MR) is 72.2 cm³/mol. The number of rotatable bonds is 6. The summed E-state index contributed by atoms with van der Waals surface area (Å²) in [4.78, 5) is 0. The van der Waals surface area contributed by atoms with Crippen LogP contribution in [0.25, 0.3) is 0 Å². The van der Waals surface area contributed by atoms with Gasteiger partial charge in [0.05, 0.1) is 18.9 Å². The van der Waals surface area contributed by atoms with Gasteiger partial charge in [0.1, 0.15) is 0 Å². The van der Waals surface area contributed by atoms with Gasteiger partial charge in [-0.3, -0.25) is 4.68 Å². The van der Waals surface area contributed by atoms with Gasteiger partial charge in [-0.05, 0) is 51.1 Å². The molecule has 1 saturated carbocycles. The Bertz CT molecular complexity index is 362. The van der Waals surface area contributed by atoms with Crippen molar-refractivity contribution < 1.29 is 4.74 Å². The van der Waals surface area contributed by atoms with Crippen LogP contribution in [0.3, 0.4) is 0 Å². The number of aromatic nitrogens is 2. The van der Waals surface area contributed by atoms with Crippen molar-refractivity contribution in [1.29, 1.82) is 0 Å². The summed E-state index contributed by atoms with van der Waals surface area (Å²) in [6.45, 7) is 6.50. The monoisotopic (exact) mass is 251 g/mol. The fraction of sp³-hybridized carbons (Fsp3) is 0.786. The second kappa shape index (κ2) is 6.34. The van der Waals surface area contributed by atoms with Crippen LogP contribution in [0.1, 0.15) is 44.8 Å². The van der Waals surface area contributed by atoms with Crippen LogP contribution in [0.4, 0.5) is 0 Å². The SMILES string of the molecule is CC(C)n1ccc(COCC2CCCC2CN)n1. The maximum atomic E-state index is 5.80. The van der Waals surface area contributed by atoms with Crippen LogP contribution in [-0.4, -0.2) is 22.9 Å². The van der Waals surface area contributed by atoms with Gasteiger partial charge in [0, 0.05) is 12.2 Å². The molecule has 0 aromatic carbocycles. The Morgan fingerprint density at radius 1 is 1.44 bits per heavy atom. The van der Waals surface area contributed by atoms with Gasteiger partial charge in [0.15, 0.2) is 0 Å². The molecule has 1 heterocycles. The van der Waals surface area contributed by atoms with Crippen LogP contribution in [-0.2, 0) is 11.3 Å². The number of nitrogens with two attached hydrogens (primary N) is 1. The molecule has 0 radical (unpaired) electrons. The van der Waals surface area contributed by atoms with Crippen molar-refractivity contribution in [2.45, 2.75) is 45.8 Å². The van der Waals surface area contributed by atoms with Crippen molar-refractivity contribution in [3.8, 4) is 0 Å². The van der Waals surface area contributed by atoms with Crippen LogP contribution < -0.4 is 5.73 Å². The number of ether oxygens (including phenoxy) is 1. The average molecular weight is 251 g/mol. The smallest absolute Gasteiger partial charge is 0.0906 e. The van der Waals surface area contributed by atoms with E-state index in [0.29, 0.717) is 24.5 Å². The molecule has 1 fully saturated rings. The molecule has 4 nitrogen and oxygen atoms in total. The highest BCUT2D eigenvalue weighted by Gasteiger charge is 2.25. The zero-order valence-corrected chi connectivity index (χ0v) is 11.5. The Labute approximate surface area is 110 Å². The summed E-state index contributed by atoms with van der Waals surface area (Å²) in [5.41, 5.74) is 6.79. The lowest BCUT2D eigenvalue weighted by Gasteiger charge is -2.17. The molecule has 0 amide bonds. The number of hydrogen-bond acceptors (Lipinski definition) is 3. The number of hydrogen-bond donors (Lipinski definition) is 1. The third kappa shape index (κ3) is 3.33. The minimum absolute atomic E-state index is 0.412. The first-order valence-corrected chi connectivity index (χ1v) is 7.02. The van der Waals surface area contributed by atoms with E-state index in [1.807, 2.05) is 16.9 Å². The Kier molecular flexibility index (Phi) is 4.78. The average Bonchev–Trinajstić information content (AvgIpc) is 2.97. The minimum atomic E-state index is 0.412. The Morgan fingerprint density at radius 3 is 2.89 bits per heavy atom. The highest BCUT2D eigenvalue weighted by molar-refractivity contribution is 4.97. The fourth-order valence-electron chi connectivity index (χ4n) is 2.70. The molecule has 2 atom stereocenters. The molecule has 1 aliphatic carbocycles. The summed E-state index contributed by atoms with van der Waals surface area (Å²) in [5.74, 6) is 1.32. The molecule has 0 spiro atoms. The van der Waals surface area contributed by atoms with Gasteiger partial charge in [-0.2, -0.15) is 5.10 Å². The van der Waals surface area contributed by atoms with Gasteiger partial charge in [0.25, 0.3) is 0 Å². The standard InChI is InChI=1S/C14H25N3O/c1-11(2)17-7-6-14(16-17)10-18-9-13-5-3-4-12(13)8-15/h6-7,11-13H,3-5,8-10,15H2,1-2H3. The lowest BCUT2D eigenvalue weighted by molar-refractivity contribution is 0.0730. The van der Waals surface area contributed by atoms with Crippen molar-refractivity contribution >= 4 is 0 Å². The van der Waals surface area contributed by atoms with E-state index in [0.717, 1.165) is 18.8 Å². The van der Waals surface area contributed by atoms with E-state index in [1.54, 1.807) is 0 Å². The maximum Gasteiger partial charge on any atom is 0.0906 e. The van der Waals surface area contributed by atoms with Crippen molar-refractivity contribution in [3.63, 3.8) is 0 Å². The quantitative estimate of drug-likeness (QED) is 0.844. The summed E-state index contributed by atoms with van der Waals surface area (Å²) in [6.07, 6.45) is 5.86. The van der Waals surface area contributed by atoms with Gasteiger partial charge >= 0.3 is 0 Å². The third-order valence-corrected chi connectivity index (χ3v) is 3.89. The van der Waals surface area contributed by atoms with Gasteiger partial charge < -0.3 is 10.5 Å². The molecule has 0 aliphatic heterocycles. The zero-order valence-electron chi connectivity index (χ0n) is 11.5. The Morgan fingerprint density at radius 2 is 2.22 bits per heavy atom. The first-order valence-electron chi connectivity index (χ1n) is 7.02. The normalized spacial score (nSPS) is 24.0. The third-order valence-electron chi connectivity index (χ3n) is 3.89. The molecule has 2 rings (SSSR count). The Balaban J connectivity index is 1.74. The lowest BCUT2D eigenvalue weighted by Crippen LogP contribution is -2.22. The van der Waals surface area contributed by atoms with E-state index in [2.05, 4.69) is 18.9 Å². The molecule has 4 heteroatoms. The molecule has 18 heavy (non-hydrogen) atoms. The first-order chi connectivity index (χ1) is 8.70. The highest BCUT2D eigenvalue weighted by atomic mass is 16.5. The van der Waals surface area contributed by atoms with Gasteiger partial charge in [0.2, 0.25) is 0 Å². The predicted octanol–water partition coefficient (Wildman–Crippen LogP) is 2.36. The molecule has 0 saturated heterocycles. The van der Waals surface area contributed by atoms with E-state index in [-0.39, 0.29) is 0 Å². The first kappa shape index (κ1) is 13.6. The second-order valence-corrected chi connectivity index (χ2v) is 5.58. The minimum Gasteiger partial charge on any atom is -0.375 e. The molecule has 0 bridgehead atoms. The van der Waals surface area contributed by atoms with Crippen molar-refractivity contribution in [1.82, 2.24) is 9.78 Å². The van der Waals surface area contributed by atoms with Gasteiger partial charge in [-0.1, -0.05) is 6.42 Å². The van der Waals surface area contributed by atoms with E-state index in [9.17, 15) is 0 Å². The van der Waals surface area contributed by atoms with Crippen molar-refractivity contribution in [2.75, 3.05) is 13.2 Å². The molecule has 1 aromatic rings. The number of nitrogens with zero attached hydrogens (tertiary/aromatic N) is 2. The van der Waals surface area contributed by atoms with E-state index < -0.39 is 0 Å². The summed E-state index contributed by atoms with van der Waals surface area (Å²) in [5, 5.41) is 4.48. The van der Waals surface area contributed by atoms with Gasteiger partial charge in [-0.25, -0.2) is 0 Å². The molecule has 2 unspecified atom stereocenters. The van der Waals surface area contributed by atoms with Crippen LogP contribution >= 0.6 is 0 Å². The van der Waals surface area contributed by atoms with E-state index in [1.165, 1.54) is 19.3 Å². The van der Waals surface area contributed by atoms with E-state index >= 15 is 0 Å². The van der Waals surface area contributed by atoms with Crippen molar-refractivity contribution in [3.05, 3.63) is 18.0 Å².